The molecule has 2 unspecified atom stereocenters. The Kier molecular flexibility index (Phi) is 5.90. The van der Waals surface area contributed by atoms with Crippen LogP contribution in [-0.2, 0) is 4.79 Å². The van der Waals surface area contributed by atoms with Crippen LogP contribution in [0.4, 0.5) is 5.82 Å². The average Bonchev–Trinajstić information content (AvgIpc) is 2.55. The van der Waals surface area contributed by atoms with Crippen LogP contribution in [0.1, 0.15) is 50.0 Å². The van der Waals surface area contributed by atoms with Gasteiger partial charge in [0.05, 0.1) is 18.3 Å². The fourth-order valence-electron chi connectivity index (χ4n) is 2.86. The molecule has 1 aliphatic heterocycles. The monoisotopic (exact) mass is 320 g/mol. The standard InChI is InChI=1S/C16H24N4O3/c1-3-5-11(2)19-15(21)12-6-4-7-20(10-12)14-9-17-13(8-18-14)16(22)23/h8-9,11-12H,3-7,10H2,1-2H3,(H,19,21)(H,22,23). The largest absolute Gasteiger partial charge is 0.476 e. The summed E-state index contributed by atoms with van der Waals surface area (Å²) in [6.07, 6.45) is 6.51. The summed E-state index contributed by atoms with van der Waals surface area (Å²) >= 11 is 0. The molecule has 126 valence electrons. The number of anilines is 1. The first-order valence-electron chi connectivity index (χ1n) is 8.12. The molecule has 1 aromatic heterocycles. The third kappa shape index (κ3) is 4.64. The Hall–Kier alpha value is -2.18. The number of carbonyl (C=O) groups excluding carboxylic acids is 1. The second-order valence-corrected chi connectivity index (χ2v) is 6.05. The first kappa shape index (κ1) is 17.2. The molecule has 2 heterocycles. The number of hydrogen-bond donors (Lipinski definition) is 2. The molecule has 23 heavy (non-hydrogen) atoms. The summed E-state index contributed by atoms with van der Waals surface area (Å²) in [5, 5.41) is 11.9. The van der Waals surface area contributed by atoms with Gasteiger partial charge in [0.2, 0.25) is 5.91 Å². The highest BCUT2D eigenvalue weighted by atomic mass is 16.4. The van der Waals surface area contributed by atoms with Gasteiger partial charge in [0.15, 0.2) is 5.69 Å². The summed E-state index contributed by atoms with van der Waals surface area (Å²) in [5.74, 6) is -0.450. The Bertz CT molecular complexity index is 547. The lowest BCUT2D eigenvalue weighted by Gasteiger charge is -2.33. The van der Waals surface area contributed by atoms with E-state index in [0.29, 0.717) is 12.4 Å². The smallest absolute Gasteiger partial charge is 0.356 e. The molecule has 1 amide bonds. The third-order valence-corrected chi connectivity index (χ3v) is 4.08. The van der Waals surface area contributed by atoms with Crippen LogP contribution in [0.3, 0.4) is 0 Å². The average molecular weight is 320 g/mol. The van der Waals surface area contributed by atoms with Crippen LogP contribution >= 0.6 is 0 Å². The van der Waals surface area contributed by atoms with Gasteiger partial charge in [-0.05, 0) is 26.2 Å². The maximum Gasteiger partial charge on any atom is 0.356 e. The van der Waals surface area contributed by atoms with E-state index in [0.717, 1.165) is 32.2 Å². The second kappa shape index (κ2) is 7.89. The third-order valence-electron chi connectivity index (χ3n) is 4.08. The van der Waals surface area contributed by atoms with Gasteiger partial charge in [-0.3, -0.25) is 4.79 Å². The molecule has 1 aromatic rings. The molecule has 0 saturated carbocycles. The van der Waals surface area contributed by atoms with E-state index in [9.17, 15) is 9.59 Å². The van der Waals surface area contributed by atoms with Crippen LogP contribution in [-0.4, -0.2) is 46.1 Å². The topological polar surface area (TPSA) is 95.4 Å². The first-order chi connectivity index (χ1) is 11.0. The molecule has 2 atom stereocenters. The molecule has 0 radical (unpaired) electrons. The number of aromatic nitrogens is 2. The van der Waals surface area contributed by atoms with Crippen molar-refractivity contribution in [2.45, 2.75) is 45.6 Å². The van der Waals surface area contributed by atoms with Crippen molar-refractivity contribution in [2.75, 3.05) is 18.0 Å². The number of rotatable bonds is 6. The molecule has 0 aliphatic carbocycles. The van der Waals surface area contributed by atoms with Crippen LogP contribution in [0.5, 0.6) is 0 Å². The van der Waals surface area contributed by atoms with E-state index >= 15 is 0 Å². The van der Waals surface area contributed by atoms with E-state index in [4.69, 9.17) is 5.11 Å². The molecule has 2 N–H and O–H groups in total. The Morgan fingerprint density at radius 1 is 1.43 bits per heavy atom. The number of carboxylic acid groups (broad SMARTS) is 1. The summed E-state index contributed by atoms with van der Waals surface area (Å²) in [6.45, 7) is 5.52. The Morgan fingerprint density at radius 3 is 2.83 bits per heavy atom. The second-order valence-electron chi connectivity index (χ2n) is 6.05. The Labute approximate surface area is 136 Å². The summed E-state index contributed by atoms with van der Waals surface area (Å²) in [7, 11) is 0. The van der Waals surface area contributed by atoms with Gasteiger partial charge < -0.3 is 15.3 Å². The number of carboxylic acids is 1. The van der Waals surface area contributed by atoms with Crippen LogP contribution in [0.2, 0.25) is 0 Å². The minimum Gasteiger partial charge on any atom is -0.476 e. The highest BCUT2D eigenvalue weighted by Crippen LogP contribution is 2.21. The van der Waals surface area contributed by atoms with Crippen LogP contribution in [0.15, 0.2) is 12.4 Å². The van der Waals surface area contributed by atoms with Crippen molar-refractivity contribution < 1.29 is 14.7 Å². The molecule has 2 rings (SSSR count). The quantitative estimate of drug-likeness (QED) is 0.828. The van der Waals surface area contributed by atoms with Crippen LogP contribution in [0, 0.1) is 5.92 Å². The van der Waals surface area contributed by atoms with Crippen molar-refractivity contribution in [1.82, 2.24) is 15.3 Å². The van der Waals surface area contributed by atoms with E-state index in [1.54, 1.807) is 0 Å². The zero-order valence-corrected chi connectivity index (χ0v) is 13.7. The van der Waals surface area contributed by atoms with E-state index < -0.39 is 5.97 Å². The number of aromatic carboxylic acids is 1. The van der Waals surface area contributed by atoms with Crippen molar-refractivity contribution in [3.05, 3.63) is 18.1 Å². The molecule has 0 bridgehead atoms. The predicted molar refractivity (Wildman–Crippen MR) is 86.4 cm³/mol. The summed E-state index contributed by atoms with van der Waals surface area (Å²) in [4.78, 5) is 33.2. The highest BCUT2D eigenvalue weighted by molar-refractivity contribution is 5.85. The van der Waals surface area contributed by atoms with Gasteiger partial charge in [-0.15, -0.1) is 0 Å². The Balaban J connectivity index is 1.97. The van der Waals surface area contributed by atoms with Crippen LogP contribution < -0.4 is 10.2 Å². The number of carbonyl (C=O) groups is 2. The zero-order valence-electron chi connectivity index (χ0n) is 13.7. The molecule has 1 aliphatic rings. The van der Waals surface area contributed by atoms with Crippen molar-refractivity contribution in [3.63, 3.8) is 0 Å². The number of piperidine rings is 1. The molecular weight excluding hydrogens is 296 g/mol. The molecule has 0 spiro atoms. The summed E-state index contributed by atoms with van der Waals surface area (Å²) < 4.78 is 0. The predicted octanol–water partition coefficient (Wildman–Crippen LogP) is 1.70. The van der Waals surface area contributed by atoms with Crippen molar-refractivity contribution >= 4 is 17.7 Å². The van der Waals surface area contributed by atoms with E-state index in [2.05, 4.69) is 22.2 Å². The van der Waals surface area contributed by atoms with Gasteiger partial charge in [-0.25, -0.2) is 14.8 Å². The van der Waals surface area contributed by atoms with E-state index in [-0.39, 0.29) is 23.6 Å². The maximum absolute atomic E-state index is 12.4. The highest BCUT2D eigenvalue weighted by Gasteiger charge is 2.27. The van der Waals surface area contributed by atoms with Gasteiger partial charge in [-0.2, -0.15) is 0 Å². The maximum atomic E-state index is 12.4. The molecule has 7 nitrogen and oxygen atoms in total. The SMILES string of the molecule is CCCC(C)NC(=O)C1CCCN(c2cnc(C(=O)O)cn2)C1. The van der Waals surface area contributed by atoms with Crippen molar-refractivity contribution in [1.29, 1.82) is 0 Å². The molecule has 0 aromatic carbocycles. The molecule has 1 saturated heterocycles. The number of hydrogen-bond acceptors (Lipinski definition) is 5. The van der Waals surface area contributed by atoms with Crippen LogP contribution in [0.25, 0.3) is 0 Å². The van der Waals surface area contributed by atoms with Gasteiger partial charge in [0.25, 0.3) is 0 Å². The van der Waals surface area contributed by atoms with E-state index in [1.807, 2.05) is 11.8 Å². The Morgan fingerprint density at radius 2 is 2.22 bits per heavy atom. The molecule has 1 fully saturated rings. The van der Waals surface area contributed by atoms with Gasteiger partial charge >= 0.3 is 5.97 Å². The summed E-state index contributed by atoms with van der Waals surface area (Å²) in [5.41, 5.74) is -0.0755. The lowest BCUT2D eigenvalue weighted by atomic mass is 9.96. The minimum atomic E-state index is -1.09. The van der Waals surface area contributed by atoms with Crippen molar-refractivity contribution in [3.8, 4) is 0 Å². The number of amides is 1. The number of nitrogens with one attached hydrogen (secondary N) is 1. The minimum absolute atomic E-state index is 0.0657. The fraction of sp³-hybridized carbons (Fsp3) is 0.625. The van der Waals surface area contributed by atoms with Gasteiger partial charge in [0, 0.05) is 19.1 Å². The van der Waals surface area contributed by atoms with Gasteiger partial charge in [0.1, 0.15) is 5.82 Å². The summed E-state index contributed by atoms with van der Waals surface area (Å²) in [6, 6.07) is 0.192. The molecular formula is C16H24N4O3. The fourth-order valence-corrected chi connectivity index (χ4v) is 2.86. The van der Waals surface area contributed by atoms with E-state index in [1.165, 1.54) is 12.4 Å². The number of nitrogens with zero attached hydrogens (tertiary/aromatic N) is 3. The normalized spacial score (nSPS) is 19.2. The molecule has 7 heteroatoms. The lowest BCUT2D eigenvalue weighted by Crippen LogP contribution is -2.45. The van der Waals surface area contributed by atoms with Crippen molar-refractivity contribution in [2.24, 2.45) is 5.92 Å². The lowest BCUT2D eigenvalue weighted by molar-refractivity contribution is -0.125. The van der Waals surface area contributed by atoms with Gasteiger partial charge in [-0.1, -0.05) is 13.3 Å². The first-order valence-corrected chi connectivity index (χ1v) is 8.12. The zero-order chi connectivity index (χ0) is 16.8.